The highest BCUT2D eigenvalue weighted by Crippen LogP contribution is 2.24. The quantitative estimate of drug-likeness (QED) is 0.518. The van der Waals surface area contributed by atoms with Gasteiger partial charge < -0.3 is 10.2 Å². The normalized spacial score (nSPS) is 12.3. The van der Waals surface area contributed by atoms with Crippen LogP contribution in [0.5, 0.6) is 0 Å². The van der Waals surface area contributed by atoms with Gasteiger partial charge in [0.15, 0.2) is 0 Å². The molecular formula is C23H30F2N4O4S. The molecule has 0 aliphatic rings. The van der Waals surface area contributed by atoms with E-state index in [1.54, 1.807) is 13.8 Å². The summed E-state index contributed by atoms with van der Waals surface area (Å²) in [7, 11) is -1.71. The molecule has 2 aromatic rings. The standard InChI is InChI=1S/C23H30F2N4O4S/c1-5-20(23(31)26-6-2)28(15-17-11-13-18(24)14-12-17)22(30)16-29(34(32,33)27(3)4)21-10-8-7-9-19(21)25/h7-14,20H,5-6,15-16H2,1-4H3,(H,26,31)/t20-/m1/s1. The van der Waals surface area contributed by atoms with Crippen molar-refractivity contribution < 1.29 is 26.8 Å². The number of anilines is 1. The number of carbonyl (C=O) groups is 2. The molecule has 2 amide bonds. The fourth-order valence-electron chi connectivity index (χ4n) is 3.35. The van der Waals surface area contributed by atoms with E-state index in [9.17, 15) is 26.8 Å². The van der Waals surface area contributed by atoms with Crippen molar-refractivity contribution in [3.63, 3.8) is 0 Å². The number of halogens is 2. The van der Waals surface area contributed by atoms with Gasteiger partial charge in [-0.15, -0.1) is 0 Å². The number of hydrogen-bond acceptors (Lipinski definition) is 4. The number of carbonyl (C=O) groups excluding carboxylic acids is 2. The van der Waals surface area contributed by atoms with Gasteiger partial charge in [0.1, 0.15) is 24.2 Å². The van der Waals surface area contributed by atoms with Crippen molar-refractivity contribution in [3.8, 4) is 0 Å². The first-order valence-corrected chi connectivity index (χ1v) is 12.2. The molecule has 8 nitrogen and oxygen atoms in total. The summed E-state index contributed by atoms with van der Waals surface area (Å²) in [6.07, 6.45) is 0.249. The van der Waals surface area contributed by atoms with Gasteiger partial charge in [0.2, 0.25) is 11.8 Å². The van der Waals surface area contributed by atoms with Crippen molar-refractivity contribution in [2.45, 2.75) is 32.9 Å². The lowest BCUT2D eigenvalue weighted by Gasteiger charge is -2.33. The molecule has 0 fully saturated rings. The molecule has 2 rings (SSSR count). The summed E-state index contributed by atoms with van der Waals surface area (Å²) in [5.41, 5.74) is 0.253. The predicted molar refractivity (Wildman–Crippen MR) is 126 cm³/mol. The van der Waals surface area contributed by atoms with Gasteiger partial charge >= 0.3 is 10.2 Å². The van der Waals surface area contributed by atoms with E-state index in [1.807, 2.05) is 0 Å². The Morgan fingerprint density at radius 2 is 1.62 bits per heavy atom. The molecule has 0 aliphatic heterocycles. The molecule has 0 saturated carbocycles. The zero-order valence-corrected chi connectivity index (χ0v) is 20.5. The second-order valence-corrected chi connectivity index (χ2v) is 9.78. The molecular weight excluding hydrogens is 466 g/mol. The Kier molecular flexibility index (Phi) is 9.51. The number of hydrogen-bond donors (Lipinski definition) is 1. The SMILES string of the molecule is CCNC(=O)[C@@H](CC)N(Cc1ccc(F)cc1)C(=O)CN(c1ccccc1F)S(=O)(=O)N(C)C. The molecule has 1 atom stereocenters. The van der Waals surface area contributed by atoms with Crippen LogP contribution in [-0.4, -0.2) is 62.7 Å². The fourth-order valence-corrected chi connectivity index (χ4v) is 4.42. The summed E-state index contributed by atoms with van der Waals surface area (Å²) in [6.45, 7) is 2.99. The van der Waals surface area contributed by atoms with E-state index < -0.39 is 46.2 Å². The zero-order valence-electron chi connectivity index (χ0n) is 19.7. The molecule has 0 heterocycles. The van der Waals surface area contributed by atoms with Gasteiger partial charge in [0, 0.05) is 27.2 Å². The average molecular weight is 497 g/mol. The van der Waals surface area contributed by atoms with Crippen molar-refractivity contribution in [2.75, 3.05) is 31.5 Å². The lowest BCUT2D eigenvalue weighted by molar-refractivity contribution is -0.140. The Morgan fingerprint density at radius 3 is 2.15 bits per heavy atom. The first kappa shape index (κ1) is 27.2. The molecule has 0 unspecified atom stereocenters. The monoisotopic (exact) mass is 496 g/mol. The zero-order chi connectivity index (χ0) is 25.5. The lowest BCUT2D eigenvalue weighted by Crippen LogP contribution is -2.53. The summed E-state index contributed by atoms with van der Waals surface area (Å²) in [4.78, 5) is 27.5. The first-order valence-electron chi connectivity index (χ1n) is 10.8. The lowest BCUT2D eigenvalue weighted by atomic mass is 10.1. The summed E-state index contributed by atoms with van der Waals surface area (Å²) in [6, 6.07) is 9.72. The maximum absolute atomic E-state index is 14.6. The van der Waals surface area contributed by atoms with Crippen LogP contribution in [0.3, 0.4) is 0 Å². The molecule has 0 saturated heterocycles. The highest BCUT2D eigenvalue weighted by atomic mass is 32.2. The van der Waals surface area contributed by atoms with Crippen LogP contribution in [0.4, 0.5) is 14.5 Å². The number of rotatable bonds is 11. The maximum atomic E-state index is 14.6. The van der Waals surface area contributed by atoms with Gasteiger partial charge in [0.25, 0.3) is 0 Å². The number of nitrogens with one attached hydrogen (secondary N) is 1. The molecule has 34 heavy (non-hydrogen) atoms. The van der Waals surface area contributed by atoms with E-state index in [4.69, 9.17) is 0 Å². The van der Waals surface area contributed by atoms with E-state index >= 15 is 0 Å². The van der Waals surface area contributed by atoms with Crippen LogP contribution in [0.1, 0.15) is 25.8 Å². The van der Waals surface area contributed by atoms with Crippen molar-refractivity contribution >= 4 is 27.7 Å². The van der Waals surface area contributed by atoms with Crippen molar-refractivity contribution in [1.29, 1.82) is 0 Å². The Morgan fingerprint density at radius 1 is 1.00 bits per heavy atom. The Labute approximate surface area is 199 Å². The van der Waals surface area contributed by atoms with E-state index in [1.165, 1.54) is 61.5 Å². The number of likely N-dealkylation sites (N-methyl/N-ethyl adjacent to an activating group) is 1. The minimum absolute atomic E-state index is 0.0676. The largest absolute Gasteiger partial charge is 0.355 e. The van der Waals surface area contributed by atoms with Crippen LogP contribution in [0, 0.1) is 11.6 Å². The van der Waals surface area contributed by atoms with E-state index in [0.29, 0.717) is 16.4 Å². The maximum Gasteiger partial charge on any atom is 0.304 e. The van der Waals surface area contributed by atoms with Crippen LogP contribution in [0.15, 0.2) is 48.5 Å². The van der Waals surface area contributed by atoms with Crippen LogP contribution in [-0.2, 0) is 26.3 Å². The van der Waals surface area contributed by atoms with Crippen molar-refractivity contribution in [2.24, 2.45) is 0 Å². The molecule has 2 aromatic carbocycles. The molecule has 0 bridgehead atoms. The molecule has 0 spiro atoms. The van der Waals surface area contributed by atoms with Gasteiger partial charge in [-0.1, -0.05) is 31.2 Å². The van der Waals surface area contributed by atoms with E-state index in [0.717, 1.165) is 10.4 Å². The molecule has 0 aromatic heterocycles. The number of benzene rings is 2. The van der Waals surface area contributed by atoms with E-state index in [-0.39, 0.29) is 18.7 Å². The van der Waals surface area contributed by atoms with Crippen LogP contribution >= 0.6 is 0 Å². The van der Waals surface area contributed by atoms with Gasteiger partial charge in [-0.05, 0) is 43.2 Å². The number of para-hydroxylation sites is 1. The number of amides is 2. The summed E-state index contributed by atoms with van der Waals surface area (Å²) in [5.74, 6) is -2.40. The highest BCUT2D eigenvalue weighted by molar-refractivity contribution is 7.90. The topological polar surface area (TPSA) is 90.0 Å². The third kappa shape index (κ3) is 6.51. The van der Waals surface area contributed by atoms with E-state index in [2.05, 4.69) is 5.32 Å². The molecule has 1 N–H and O–H groups in total. The van der Waals surface area contributed by atoms with Gasteiger partial charge in [0.05, 0.1) is 5.69 Å². The first-order chi connectivity index (χ1) is 16.0. The van der Waals surface area contributed by atoms with Crippen LogP contribution in [0.25, 0.3) is 0 Å². The Bertz CT molecular complexity index is 1090. The van der Waals surface area contributed by atoms with Gasteiger partial charge in [-0.3, -0.25) is 9.59 Å². The fraction of sp³-hybridized carbons (Fsp3) is 0.391. The Hall–Kier alpha value is -3.05. The number of nitrogens with zero attached hydrogens (tertiary/aromatic N) is 3. The Balaban J connectivity index is 2.50. The second-order valence-electron chi connectivity index (χ2n) is 7.71. The minimum Gasteiger partial charge on any atom is -0.355 e. The summed E-state index contributed by atoms with van der Waals surface area (Å²) in [5, 5.41) is 2.68. The summed E-state index contributed by atoms with van der Waals surface area (Å²) < 4.78 is 55.5. The van der Waals surface area contributed by atoms with Crippen LogP contribution < -0.4 is 9.62 Å². The average Bonchev–Trinajstić information content (AvgIpc) is 2.79. The van der Waals surface area contributed by atoms with Gasteiger partial charge in [-0.25, -0.2) is 13.1 Å². The third-order valence-corrected chi connectivity index (χ3v) is 6.95. The van der Waals surface area contributed by atoms with Crippen LogP contribution in [0.2, 0.25) is 0 Å². The predicted octanol–water partition coefficient (Wildman–Crippen LogP) is 2.52. The summed E-state index contributed by atoms with van der Waals surface area (Å²) >= 11 is 0. The van der Waals surface area contributed by atoms with Crippen molar-refractivity contribution in [3.05, 3.63) is 65.7 Å². The second kappa shape index (κ2) is 11.9. The van der Waals surface area contributed by atoms with Crippen molar-refractivity contribution in [1.82, 2.24) is 14.5 Å². The van der Waals surface area contributed by atoms with Gasteiger partial charge in [-0.2, -0.15) is 12.7 Å². The third-order valence-electron chi connectivity index (χ3n) is 5.14. The minimum atomic E-state index is -4.26. The highest BCUT2D eigenvalue weighted by Gasteiger charge is 2.34. The molecule has 186 valence electrons. The molecule has 0 aliphatic carbocycles. The molecule has 11 heteroatoms. The smallest absolute Gasteiger partial charge is 0.304 e. The molecule has 0 radical (unpaired) electrons.